The average Bonchev–Trinajstić information content (AvgIpc) is 3.16. The number of ether oxygens (including phenoxy) is 1. The number of anilines is 1. The standard InChI is InChI=1S/C24H26Cl2N4O2S/c1-4-12-30-22(9-6-13-32-21-11-10-18(25)14-16(21)2)28-29-24(30)33-15-23(31)27-20-8-5-7-19(26)17(20)3/h4-5,7-8,10-11,14H,1,6,9,12-13,15H2,2-3H3,(H,27,31). The summed E-state index contributed by atoms with van der Waals surface area (Å²) in [5.41, 5.74) is 2.55. The number of aryl methyl sites for hydroxylation is 2. The summed E-state index contributed by atoms with van der Waals surface area (Å²) in [7, 11) is 0. The van der Waals surface area contributed by atoms with Crippen molar-refractivity contribution in [3.63, 3.8) is 0 Å². The Labute approximate surface area is 208 Å². The van der Waals surface area contributed by atoms with Gasteiger partial charge in [-0.15, -0.1) is 16.8 Å². The van der Waals surface area contributed by atoms with Crippen molar-refractivity contribution < 1.29 is 9.53 Å². The van der Waals surface area contributed by atoms with Gasteiger partial charge in [0.25, 0.3) is 0 Å². The summed E-state index contributed by atoms with van der Waals surface area (Å²) >= 11 is 13.5. The highest BCUT2D eigenvalue weighted by Crippen LogP contribution is 2.24. The molecule has 0 aliphatic rings. The van der Waals surface area contributed by atoms with E-state index in [1.165, 1.54) is 11.8 Å². The zero-order chi connectivity index (χ0) is 23.8. The molecule has 1 aromatic heterocycles. The molecule has 0 aliphatic carbocycles. The molecule has 0 fully saturated rings. The van der Waals surface area contributed by atoms with Crippen molar-refractivity contribution in [2.24, 2.45) is 0 Å². The van der Waals surface area contributed by atoms with Crippen LogP contribution < -0.4 is 10.1 Å². The van der Waals surface area contributed by atoms with Crippen molar-refractivity contribution in [1.82, 2.24) is 14.8 Å². The van der Waals surface area contributed by atoms with E-state index >= 15 is 0 Å². The minimum atomic E-state index is -0.133. The number of rotatable bonds is 11. The van der Waals surface area contributed by atoms with Crippen LogP contribution in [-0.4, -0.2) is 33.0 Å². The van der Waals surface area contributed by atoms with E-state index in [2.05, 4.69) is 22.1 Å². The summed E-state index contributed by atoms with van der Waals surface area (Å²) in [6, 6.07) is 11.0. The summed E-state index contributed by atoms with van der Waals surface area (Å²) in [5.74, 6) is 1.73. The summed E-state index contributed by atoms with van der Waals surface area (Å²) in [6.45, 7) is 8.78. The van der Waals surface area contributed by atoms with Gasteiger partial charge in [0.05, 0.1) is 12.4 Å². The second-order valence-electron chi connectivity index (χ2n) is 7.41. The van der Waals surface area contributed by atoms with Crippen LogP contribution in [-0.2, 0) is 17.8 Å². The third-order valence-electron chi connectivity index (χ3n) is 4.92. The SMILES string of the molecule is C=CCn1c(CCCOc2ccc(Cl)cc2C)nnc1SCC(=O)Nc1cccc(Cl)c1C. The summed E-state index contributed by atoms with van der Waals surface area (Å²) in [5, 5.41) is 13.5. The smallest absolute Gasteiger partial charge is 0.234 e. The third-order valence-corrected chi connectivity index (χ3v) is 6.53. The molecule has 0 bridgehead atoms. The van der Waals surface area contributed by atoms with Crippen molar-refractivity contribution in [2.75, 3.05) is 17.7 Å². The number of benzene rings is 2. The first-order valence-corrected chi connectivity index (χ1v) is 12.2. The zero-order valence-electron chi connectivity index (χ0n) is 18.6. The highest BCUT2D eigenvalue weighted by molar-refractivity contribution is 7.99. The van der Waals surface area contributed by atoms with E-state index in [1.807, 2.05) is 48.7 Å². The van der Waals surface area contributed by atoms with E-state index in [1.54, 1.807) is 12.1 Å². The van der Waals surface area contributed by atoms with E-state index in [0.29, 0.717) is 40.5 Å². The lowest BCUT2D eigenvalue weighted by Gasteiger charge is -2.11. The van der Waals surface area contributed by atoms with Crippen LogP contribution in [0.2, 0.25) is 10.0 Å². The Kier molecular flexibility index (Phi) is 9.23. The van der Waals surface area contributed by atoms with Crippen molar-refractivity contribution in [1.29, 1.82) is 0 Å². The molecule has 0 atom stereocenters. The fourth-order valence-corrected chi connectivity index (χ4v) is 4.34. The Morgan fingerprint density at radius 2 is 2.06 bits per heavy atom. The number of amides is 1. The van der Waals surface area contributed by atoms with Crippen LogP contribution in [0.1, 0.15) is 23.4 Å². The van der Waals surface area contributed by atoms with Crippen LogP contribution in [0.25, 0.3) is 0 Å². The van der Waals surface area contributed by atoms with Gasteiger partial charge in [0, 0.05) is 28.7 Å². The topological polar surface area (TPSA) is 69.0 Å². The molecule has 0 aliphatic heterocycles. The molecule has 0 spiro atoms. The van der Waals surface area contributed by atoms with Gasteiger partial charge in [-0.2, -0.15) is 0 Å². The molecule has 0 unspecified atom stereocenters. The summed E-state index contributed by atoms with van der Waals surface area (Å²) < 4.78 is 7.85. The lowest BCUT2D eigenvalue weighted by molar-refractivity contribution is -0.113. The number of hydrogen-bond acceptors (Lipinski definition) is 5. The molecule has 1 heterocycles. The quantitative estimate of drug-likeness (QED) is 0.193. The van der Waals surface area contributed by atoms with E-state index < -0.39 is 0 Å². The number of aromatic nitrogens is 3. The summed E-state index contributed by atoms with van der Waals surface area (Å²) in [6.07, 6.45) is 3.26. The lowest BCUT2D eigenvalue weighted by atomic mass is 10.2. The van der Waals surface area contributed by atoms with Gasteiger partial charge in [-0.25, -0.2) is 0 Å². The van der Waals surface area contributed by atoms with Crippen LogP contribution in [0, 0.1) is 13.8 Å². The molecule has 9 heteroatoms. The first-order chi connectivity index (χ1) is 15.9. The molecule has 1 N–H and O–H groups in total. The Bertz CT molecular complexity index is 1130. The number of hydrogen-bond donors (Lipinski definition) is 1. The van der Waals surface area contributed by atoms with Gasteiger partial charge in [0.15, 0.2) is 5.16 Å². The number of carbonyl (C=O) groups excluding carboxylic acids is 1. The first kappa shape index (κ1) is 25.1. The monoisotopic (exact) mass is 504 g/mol. The molecular weight excluding hydrogens is 479 g/mol. The number of halogens is 2. The first-order valence-electron chi connectivity index (χ1n) is 10.5. The maximum Gasteiger partial charge on any atom is 0.234 e. The van der Waals surface area contributed by atoms with Gasteiger partial charge in [0.2, 0.25) is 5.91 Å². The minimum absolute atomic E-state index is 0.133. The maximum absolute atomic E-state index is 12.4. The summed E-state index contributed by atoms with van der Waals surface area (Å²) in [4.78, 5) is 12.4. The van der Waals surface area contributed by atoms with E-state index in [9.17, 15) is 4.79 Å². The maximum atomic E-state index is 12.4. The molecule has 0 saturated carbocycles. The fraction of sp³-hybridized carbons (Fsp3) is 0.292. The Morgan fingerprint density at radius 3 is 2.82 bits per heavy atom. The number of allylic oxidation sites excluding steroid dienone is 1. The minimum Gasteiger partial charge on any atom is -0.493 e. The molecule has 174 valence electrons. The van der Waals surface area contributed by atoms with Crippen LogP contribution in [0.5, 0.6) is 5.75 Å². The molecular formula is C24H26Cl2N4O2S. The number of nitrogens with zero attached hydrogens (tertiary/aromatic N) is 3. The zero-order valence-corrected chi connectivity index (χ0v) is 20.9. The van der Waals surface area contributed by atoms with Crippen LogP contribution in [0.3, 0.4) is 0 Å². The van der Waals surface area contributed by atoms with Crippen LogP contribution >= 0.6 is 35.0 Å². The van der Waals surface area contributed by atoms with Gasteiger partial charge in [-0.05, 0) is 61.7 Å². The highest BCUT2D eigenvalue weighted by atomic mass is 35.5. The van der Waals surface area contributed by atoms with Crippen molar-refractivity contribution >= 4 is 46.6 Å². The Hall–Kier alpha value is -2.48. The molecule has 3 aromatic rings. The van der Waals surface area contributed by atoms with Gasteiger partial charge >= 0.3 is 0 Å². The molecule has 1 amide bonds. The number of nitrogens with one attached hydrogen (secondary N) is 1. The average molecular weight is 505 g/mol. The molecule has 0 saturated heterocycles. The van der Waals surface area contributed by atoms with Gasteiger partial charge in [-0.3, -0.25) is 4.79 Å². The van der Waals surface area contributed by atoms with E-state index in [-0.39, 0.29) is 11.7 Å². The molecule has 2 aromatic carbocycles. The third kappa shape index (κ3) is 7.00. The number of thioether (sulfide) groups is 1. The largest absolute Gasteiger partial charge is 0.493 e. The predicted molar refractivity (Wildman–Crippen MR) is 136 cm³/mol. The van der Waals surface area contributed by atoms with Crippen molar-refractivity contribution in [3.8, 4) is 5.75 Å². The van der Waals surface area contributed by atoms with E-state index in [0.717, 1.165) is 29.1 Å². The van der Waals surface area contributed by atoms with Crippen LogP contribution in [0.15, 0.2) is 54.2 Å². The number of carbonyl (C=O) groups is 1. The second kappa shape index (κ2) is 12.1. The van der Waals surface area contributed by atoms with Crippen molar-refractivity contribution in [2.45, 2.75) is 38.4 Å². The molecule has 6 nitrogen and oxygen atoms in total. The second-order valence-corrected chi connectivity index (χ2v) is 9.20. The molecule has 3 rings (SSSR count). The molecule has 33 heavy (non-hydrogen) atoms. The van der Waals surface area contributed by atoms with E-state index in [4.69, 9.17) is 27.9 Å². The normalized spacial score (nSPS) is 10.8. The Morgan fingerprint density at radius 1 is 1.24 bits per heavy atom. The van der Waals surface area contributed by atoms with Gasteiger partial charge in [0.1, 0.15) is 11.6 Å². The fourth-order valence-electron chi connectivity index (χ4n) is 3.17. The predicted octanol–water partition coefficient (Wildman–Crippen LogP) is 6.13. The lowest BCUT2D eigenvalue weighted by Crippen LogP contribution is -2.15. The van der Waals surface area contributed by atoms with Crippen molar-refractivity contribution in [3.05, 3.63) is 76.0 Å². The molecule has 0 radical (unpaired) electrons. The van der Waals surface area contributed by atoms with Gasteiger partial charge < -0.3 is 14.6 Å². The van der Waals surface area contributed by atoms with Crippen LogP contribution in [0.4, 0.5) is 5.69 Å². The highest BCUT2D eigenvalue weighted by Gasteiger charge is 2.14. The van der Waals surface area contributed by atoms with Gasteiger partial charge in [-0.1, -0.05) is 47.1 Å². The Balaban J connectivity index is 1.54.